The maximum atomic E-state index is 4.63. The van der Waals surface area contributed by atoms with Crippen molar-refractivity contribution in [2.75, 3.05) is 11.9 Å². The van der Waals surface area contributed by atoms with Gasteiger partial charge in [0.1, 0.15) is 5.82 Å². The van der Waals surface area contributed by atoms with Crippen molar-refractivity contribution in [3.05, 3.63) is 58.8 Å². The lowest BCUT2D eigenvalue weighted by Gasteiger charge is -2.10. The summed E-state index contributed by atoms with van der Waals surface area (Å²) in [4.78, 5) is 9.88. The van der Waals surface area contributed by atoms with Crippen molar-refractivity contribution < 1.29 is 0 Å². The highest BCUT2D eigenvalue weighted by Gasteiger charge is 2.06. The van der Waals surface area contributed by atoms with Crippen molar-refractivity contribution >= 4 is 29.4 Å². The number of nitrogens with one attached hydrogen (secondary N) is 1. The van der Waals surface area contributed by atoms with Crippen LogP contribution in [0, 0.1) is 12.8 Å². The number of thioether (sulfide) groups is 1. The Hall–Kier alpha value is -2.78. The Labute approximate surface area is 152 Å². The van der Waals surface area contributed by atoms with Crippen molar-refractivity contribution in [2.24, 2.45) is 4.99 Å². The van der Waals surface area contributed by atoms with Crippen LogP contribution in [-0.2, 0) is 6.42 Å². The van der Waals surface area contributed by atoms with Crippen molar-refractivity contribution in [3.63, 3.8) is 0 Å². The zero-order valence-electron chi connectivity index (χ0n) is 14.2. The van der Waals surface area contributed by atoms with E-state index in [9.17, 15) is 0 Å². The molecule has 0 saturated carbocycles. The first kappa shape index (κ1) is 18.6. The van der Waals surface area contributed by atoms with Gasteiger partial charge in [0.15, 0.2) is 5.65 Å². The van der Waals surface area contributed by atoms with Crippen LogP contribution in [-0.4, -0.2) is 27.4 Å². The van der Waals surface area contributed by atoms with Crippen molar-refractivity contribution in [1.29, 1.82) is 0 Å². The molecule has 0 spiro atoms. The molecule has 0 fully saturated rings. The molecule has 1 aliphatic heterocycles. The summed E-state index contributed by atoms with van der Waals surface area (Å²) in [6.07, 6.45) is 21.5. The molecule has 0 atom stereocenters. The molecular formula is C19H21N5S. The molecular weight excluding hydrogens is 330 g/mol. The van der Waals surface area contributed by atoms with Crippen LogP contribution in [0.2, 0.25) is 0 Å². The van der Waals surface area contributed by atoms with Crippen LogP contribution in [0.1, 0.15) is 19.0 Å². The molecule has 0 saturated heterocycles. The van der Waals surface area contributed by atoms with E-state index in [-0.39, 0.29) is 0 Å². The van der Waals surface area contributed by atoms with Crippen molar-refractivity contribution in [1.82, 2.24) is 14.6 Å². The highest BCUT2D eigenvalue weighted by molar-refractivity contribution is 8.05. The molecule has 6 heteroatoms. The van der Waals surface area contributed by atoms with E-state index in [4.69, 9.17) is 0 Å². The van der Waals surface area contributed by atoms with Crippen LogP contribution in [0.4, 0.5) is 5.82 Å². The Balaban J connectivity index is 0.00000109. The van der Waals surface area contributed by atoms with E-state index in [2.05, 4.69) is 50.8 Å². The first-order valence-corrected chi connectivity index (χ1v) is 8.79. The minimum atomic E-state index is 0.702. The summed E-state index contributed by atoms with van der Waals surface area (Å²) in [6.45, 7) is 2.74. The Bertz CT molecular complexity index is 827. The van der Waals surface area contributed by atoms with Crippen molar-refractivity contribution in [3.8, 4) is 12.8 Å². The number of aromatic nitrogens is 3. The van der Waals surface area contributed by atoms with E-state index in [1.807, 2.05) is 42.1 Å². The maximum absolute atomic E-state index is 4.63. The largest absolute Gasteiger partial charge is 0.364 e. The summed E-state index contributed by atoms with van der Waals surface area (Å²) in [5.74, 6) is 0.846. The zero-order valence-corrected chi connectivity index (χ0v) is 15.0. The number of aliphatic imine (C=N–C) groups is 1. The standard InChI is InChI=1S/C17H19N5S.C2H2/c1-2-9-18-10-8-14-12-20-17-7-6-16(21-22(14)17)19-13-15-5-3-4-11-23-15;1-2/h2,4-7,9-12H,3,8,13H2,1H3,(H,19,21);1-2H/b9-2-,18-10?;. The summed E-state index contributed by atoms with van der Waals surface area (Å²) in [5.41, 5.74) is 1.87. The molecule has 0 aromatic carbocycles. The monoisotopic (exact) mass is 351 g/mol. The van der Waals surface area contributed by atoms with Gasteiger partial charge in [-0.15, -0.1) is 29.7 Å². The number of rotatable bonds is 6. The minimum Gasteiger partial charge on any atom is -0.364 e. The molecule has 0 amide bonds. The molecule has 1 N–H and O–H groups in total. The second-order valence-electron chi connectivity index (χ2n) is 5.01. The molecule has 5 nitrogen and oxygen atoms in total. The number of fused-ring (bicyclic) bond motifs is 1. The lowest BCUT2D eigenvalue weighted by Crippen LogP contribution is -2.08. The van der Waals surface area contributed by atoms with Crippen molar-refractivity contribution in [2.45, 2.75) is 19.8 Å². The van der Waals surface area contributed by atoms with Gasteiger partial charge in [-0.05, 0) is 30.9 Å². The molecule has 1 aliphatic rings. The van der Waals surface area contributed by atoms with E-state index < -0.39 is 0 Å². The van der Waals surface area contributed by atoms with E-state index >= 15 is 0 Å². The predicted molar refractivity (Wildman–Crippen MR) is 108 cm³/mol. The third kappa shape index (κ3) is 5.37. The summed E-state index contributed by atoms with van der Waals surface area (Å²) < 4.78 is 1.87. The first-order chi connectivity index (χ1) is 12.4. The van der Waals surface area contributed by atoms with E-state index in [0.29, 0.717) is 6.42 Å². The van der Waals surface area contributed by atoms with Gasteiger partial charge >= 0.3 is 0 Å². The third-order valence-electron chi connectivity index (χ3n) is 3.31. The lowest BCUT2D eigenvalue weighted by atomic mass is 10.3. The number of terminal acetylenes is 1. The average Bonchev–Trinajstić information content (AvgIpc) is 3.08. The van der Waals surface area contributed by atoms with Gasteiger partial charge in [-0.2, -0.15) is 0 Å². The van der Waals surface area contributed by atoms with E-state index in [1.54, 1.807) is 18.0 Å². The molecule has 128 valence electrons. The number of hydrogen-bond acceptors (Lipinski definition) is 5. The van der Waals surface area contributed by atoms with Gasteiger partial charge in [-0.25, -0.2) is 9.50 Å². The van der Waals surface area contributed by atoms with Crippen LogP contribution in [0.3, 0.4) is 0 Å². The number of imidazole rings is 1. The topological polar surface area (TPSA) is 54.6 Å². The van der Waals surface area contributed by atoms with Crippen LogP contribution in [0.5, 0.6) is 0 Å². The summed E-state index contributed by atoms with van der Waals surface area (Å²) >= 11 is 1.75. The summed E-state index contributed by atoms with van der Waals surface area (Å²) in [5, 5.41) is 10.1. The van der Waals surface area contributed by atoms with Gasteiger partial charge in [-0.1, -0.05) is 18.2 Å². The quantitative estimate of drug-likeness (QED) is 0.629. The van der Waals surface area contributed by atoms with E-state index in [1.165, 1.54) is 4.91 Å². The lowest BCUT2D eigenvalue weighted by molar-refractivity contribution is 0.888. The summed E-state index contributed by atoms with van der Waals surface area (Å²) in [6, 6.07) is 3.94. The van der Waals surface area contributed by atoms with Gasteiger partial charge in [-0.3, -0.25) is 4.99 Å². The second-order valence-corrected chi connectivity index (χ2v) is 6.04. The number of nitrogens with zero attached hydrogens (tertiary/aromatic N) is 4. The smallest absolute Gasteiger partial charge is 0.153 e. The van der Waals surface area contributed by atoms with Crippen LogP contribution in [0.15, 0.2) is 58.1 Å². The Morgan fingerprint density at radius 3 is 3.04 bits per heavy atom. The van der Waals surface area contributed by atoms with E-state index in [0.717, 1.165) is 30.1 Å². The number of hydrogen-bond donors (Lipinski definition) is 1. The molecule has 0 radical (unpaired) electrons. The Morgan fingerprint density at radius 1 is 1.40 bits per heavy atom. The van der Waals surface area contributed by atoms with Gasteiger partial charge < -0.3 is 5.32 Å². The van der Waals surface area contributed by atoms with Crippen LogP contribution < -0.4 is 5.32 Å². The van der Waals surface area contributed by atoms with Gasteiger partial charge in [0, 0.05) is 30.3 Å². The normalized spacial score (nSPS) is 13.8. The second kappa shape index (κ2) is 10.2. The molecule has 3 rings (SSSR count). The summed E-state index contributed by atoms with van der Waals surface area (Å²) in [7, 11) is 0. The zero-order chi connectivity index (χ0) is 17.9. The van der Waals surface area contributed by atoms with Gasteiger partial charge in [0.2, 0.25) is 0 Å². The molecule has 0 bridgehead atoms. The maximum Gasteiger partial charge on any atom is 0.153 e. The minimum absolute atomic E-state index is 0.702. The van der Waals surface area contributed by atoms with Gasteiger partial charge in [0.05, 0.1) is 11.9 Å². The third-order valence-corrected chi connectivity index (χ3v) is 4.26. The molecule has 3 heterocycles. The highest BCUT2D eigenvalue weighted by Crippen LogP contribution is 2.22. The Morgan fingerprint density at radius 2 is 2.28 bits per heavy atom. The molecule has 2 aromatic heterocycles. The van der Waals surface area contributed by atoms with Crippen LogP contribution >= 0.6 is 11.8 Å². The fourth-order valence-electron chi connectivity index (χ4n) is 2.18. The predicted octanol–water partition coefficient (Wildman–Crippen LogP) is 4.07. The fraction of sp³-hybridized carbons (Fsp3) is 0.211. The number of allylic oxidation sites excluding steroid dienone is 3. The van der Waals surface area contributed by atoms with Crippen LogP contribution in [0.25, 0.3) is 5.65 Å². The molecule has 2 aromatic rings. The highest BCUT2D eigenvalue weighted by atomic mass is 32.2. The Kier molecular flexibility index (Phi) is 7.54. The average molecular weight is 351 g/mol. The number of anilines is 1. The molecule has 0 aliphatic carbocycles. The SMILES string of the molecule is C#C.C/C=C\N=CCc1cnc2ccc(NCC3=CCC=CS3)nn12. The molecule has 0 unspecified atom stereocenters. The fourth-order valence-corrected chi connectivity index (χ4v) is 2.91. The first-order valence-electron chi connectivity index (χ1n) is 7.91. The van der Waals surface area contributed by atoms with Gasteiger partial charge in [0.25, 0.3) is 0 Å². The molecule has 25 heavy (non-hydrogen) atoms.